The maximum Gasteiger partial charge on any atom is 0.462 e. The first-order valence-corrected chi connectivity index (χ1v) is 4.54. The highest BCUT2D eigenvalue weighted by Gasteiger charge is 2.84. The summed E-state index contributed by atoms with van der Waals surface area (Å²) in [5, 5.41) is 7.68. The van der Waals surface area contributed by atoms with Crippen molar-refractivity contribution in [2.75, 3.05) is 0 Å². The summed E-state index contributed by atoms with van der Waals surface area (Å²) in [6.07, 6.45) is -22.3. The Morgan fingerprint density at radius 3 is 1.26 bits per heavy atom. The molecule has 0 aliphatic heterocycles. The Morgan fingerprint density at radius 2 is 1.04 bits per heavy atom. The van der Waals surface area contributed by atoms with Gasteiger partial charge in [-0.15, -0.1) is 0 Å². The fourth-order valence-corrected chi connectivity index (χ4v) is 0.843. The molecule has 0 saturated heterocycles. The van der Waals surface area contributed by atoms with Crippen molar-refractivity contribution in [2.45, 2.75) is 36.2 Å². The molecule has 0 aliphatic carbocycles. The van der Waals surface area contributed by atoms with Crippen LogP contribution in [0.3, 0.4) is 0 Å². The summed E-state index contributed by atoms with van der Waals surface area (Å²) in [6.45, 7) is 0. The Labute approximate surface area is 115 Å². The van der Waals surface area contributed by atoms with Crippen LogP contribution in [0.25, 0.3) is 0 Å². The van der Waals surface area contributed by atoms with E-state index in [1.165, 1.54) is 4.74 Å². The molecule has 0 bridgehead atoms. The maximum absolute atomic E-state index is 13.1. The molecule has 1 atom stereocenters. The van der Waals surface area contributed by atoms with Crippen LogP contribution in [0, 0.1) is 0 Å². The molecule has 1 unspecified atom stereocenters. The number of alkyl halides is 13. The zero-order valence-electron chi connectivity index (χ0n) is 9.68. The lowest BCUT2D eigenvalue weighted by Gasteiger charge is -2.37. The Balaban J connectivity index is 6.20. The number of hydrogen-bond donors (Lipinski definition) is 1. The SMILES string of the molecule is O=C(O)C(F)(F)C(F)(OC(F)(F)C(F)(F)C(F)(F)F)C(F)(F)F. The number of rotatable bonds is 5. The third-order valence-electron chi connectivity index (χ3n) is 2.03. The highest BCUT2D eigenvalue weighted by molar-refractivity contribution is 5.77. The van der Waals surface area contributed by atoms with Gasteiger partial charge in [-0.25, -0.2) is 4.79 Å². The summed E-state index contributed by atoms with van der Waals surface area (Å²) in [4.78, 5) is 9.82. The van der Waals surface area contributed by atoms with E-state index < -0.39 is 42.1 Å². The molecule has 0 saturated carbocycles. The molecular weight excluding hydrogens is 379 g/mol. The summed E-state index contributed by atoms with van der Waals surface area (Å²) >= 11 is 0. The van der Waals surface area contributed by atoms with Gasteiger partial charge >= 0.3 is 42.1 Å². The van der Waals surface area contributed by atoms with Gasteiger partial charge in [0.2, 0.25) is 0 Å². The zero-order valence-corrected chi connectivity index (χ0v) is 9.68. The molecule has 0 heterocycles. The fraction of sp³-hybridized carbons (Fsp3) is 0.857. The van der Waals surface area contributed by atoms with Crippen LogP contribution in [-0.2, 0) is 9.53 Å². The minimum atomic E-state index is -7.56. The minimum absolute atomic E-state index is 1.38. The molecule has 0 fully saturated rings. The van der Waals surface area contributed by atoms with Crippen LogP contribution in [0.15, 0.2) is 0 Å². The molecule has 0 aromatic carbocycles. The molecule has 0 aromatic rings. The average molecular weight is 380 g/mol. The topological polar surface area (TPSA) is 46.5 Å². The Morgan fingerprint density at radius 1 is 0.696 bits per heavy atom. The zero-order chi connectivity index (χ0) is 19.3. The van der Waals surface area contributed by atoms with Crippen molar-refractivity contribution >= 4 is 5.97 Å². The van der Waals surface area contributed by atoms with Gasteiger partial charge in [0.25, 0.3) is 0 Å². The Bertz CT molecular complexity index is 463. The monoisotopic (exact) mass is 380 g/mol. The van der Waals surface area contributed by atoms with Gasteiger partial charge in [0, 0.05) is 0 Å². The first kappa shape index (κ1) is 21.5. The molecule has 3 nitrogen and oxygen atoms in total. The van der Waals surface area contributed by atoms with Gasteiger partial charge in [-0.2, -0.15) is 57.1 Å². The summed E-state index contributed by atoms with van der Waals surface area (Å²) in [5.74, 6) is -26.1. The second-order valence-corrected chi connectivity index (χ2v) is 3.66. The normalized spacial score (nSPS) is 17.8. The first-order valence-electron chi connectivity index (χ1n) is 4.54. The van der Waals surface area contributed by atoms with Gasteiger partial charge in [0.05, 0.1) is 0 Å². The smallest absolute Gasteiger partial charge is 0.462 e. The third-order valence-corrected chi connectivity index (χ3v) is 2.03. The van der Waals surface area contributed by atoms with Crippen molar-refractivity contribution in [2.24, 2.45) is 0 Å². The van der Waals surface area contributed by atoms with Crippen molar-refractivity contribution in [1.29, 1.82) is 0 Å². The predicted molar refractivity (Wildman–Crippen MR) is 39.5 cm³/mol. The van der Waals surface area contributed by atoms with Gasteiger partial charge < -0.3 is 5.11 Å². The van der Waals surface area contributed by atoms with Gasteiger partial charge in [-0.3, -0.25) is 4.74 Å². The maximum atomic E-state index is 13.1. The summed E-state index contributed by atoms with van der Waals surface area (Å²) in [7, 11) is 0. The molecule has 0 spiro atoms. The van der Waals surface area contributed by atoms with E-state index in [4.69, 9.17) is 5.11 Å². The molecule has 0 rings (SSSR count). The molecule has 138 valence electrons. The fourth-order valence-electron chi connectivity index (χ4n) is 0.843. The standard InChI is InChI=1S/C7HF13O3/c8-2(9,1(21)22)4(12,6(16,17)18)23-7(19,20)3(10,11)5(13,14)15/h(H,21,22). The largest absolute Gasteiger partial charge is 0.477 e. The molecule has 0 aliphatic rings. The van der Waals surface area contributed by atoms with E-state index in [0.717, 1.165) is 0 Å². The minimum Gasteiger partial charge on any atom is -0.477 e. The molecular formula is C7HF13O3. The van der Waals surface area contributed by atoms with E-state index in [1.807, 2.05) is 0 Å². The van der Waals surface area contributed by atoms with Crippen LogP contribution >= 0.6 is 0 Å². The van der Waals surface area contributed by atoms with E-state index in [9.17, 15) is 61.9 Å². The van der Waals surface area contributed by atoms with Crippen molar-refractivity contribution < 1.29 is 71.7 Å². The Kier molecular flexibility index (Phi) is 4.93. The highest BCUT2D eigenvalue weighted by Crippen LogP contribution is 2.54. The van der Waals surface area contributed by atoms with Crippen molar-refractivity contribution in [3.8, 4) is 0 Å². The van der Waals surface area contributed by atoms with E-state index in [-0.39, 0.29) is 0 Å². The molecule has 0 amide bonds. The van der Waals surface area contributed by atoms with Crippen LogP contribution in [0.2, 0.25) is 0 Å². The van der Waals surface area contributed by atoms with Crippen LogP contribution in [0.4, 0.5) is 57.1 Å². The second-order valence-electron chi connectivity index (χ2n) is 3.66. The van der Waals surface area contributed by atoms with Gasteiger partial charge in [-0.05, 0) is 0 Å². The first-order chi connectivity index (χ1) is 9.65. The third kappa shape index (κ3) is 3.25. The Hall–Kier alpha value is -1.48. The number of carbonyl (C=O) groups is 1. The molecule has 0 aromatic heterocycles. The van der Waals surface area contributed by atoms with E-state index in [1.54, 1.807) is 0 Å². The lowest BCUT2D eigenvalue weighted by atomic mass is 10.1. The van der Waals surface area contributed by atoms with E-state index >= 15 is 0 Å². The number of carboxylic acid groups (broad SMARTS) is 1. The lowest BCUT2D eigenvalue weighted by molar-refractivity contribution is -0.504. The molecule has 0 radical (unpaired) electrons. The van der Waals surface area contributed by atoms with Gasteiger partial charge in [-0.1, -0.05) is 0 Å². The van der Waals surface area contributed by atoms with Crippen LogP contribution in [0.5, 0.6) is 0 Å². The number of aliphatic carboxylic acids is 1. The highest BCUT2D eigenvalue weighted by atomic mass is 19.4. The van der Waals surface area contributed by atoms with Crippen LogP contribution in [0.1, 0.15) is 0 Å². The summed E-state index contributed by atoms with van der Waals surface area (Å²) in [6, 6.07) is 0. The van der Waals surface area contributed by atoms with E-state index in [2.05, 4.69) is 0 Å². The quantitative estimate of drug-likeness (QED) is 0.740. The molecule has 1 N–H and O–H groups in total. The second kappa shape index (κ2) is 5.27. The van der Waals surface area contributed by atoms with Crippen molar-refractivity contribution in [3.63, 3.8) is 0 Å². The van der Waals surface area contributed by atoms with Crippen LogP contribution < -0.4 is 0 Å². The number of carboxylic acids is 1. The number of hydrogen-bond acceptors (Lipinski definition) is 2. The molecule has 23 heavy (non-hydrogen) atoms. The average Bonchev–Trinajstić information content (AvgIpc) is 2.24. The molecule has 16 heteroatoms. The summed E-state index contributed by atoms with van der Waals surface area (Å²) in [5.41, 5.74) is 0. The van der Waals surface area contributed by atoms with Crippen molar-refractivity contribution in [3.05, 3.63) is 0 Å². The van der Waals surface area contributed by atoms with Crippen molar-refractivity contribution in [1.82, 2.24) is 0 Å². The van der Waals surface area contributed by atoms with E-state index in [0.29, 0.717) is 0 Å². The van der Waals surface area contributed by atoms with Gasteiger partial charge in [0.15, 0.2) is 0 Å². The summed E-state index contributed by atoms with van der Waals surface area (Å²) < 4.78 is 161. The number of halogens is 13. The lowest BCUT2D eigenvalue weighted by Crippen LogP contribution is -2.66. The number of ether oxygens (including phenoxy) is 1. The predicted octanol–water partition coefficient (Wildman–Crippen LogP) is 3.74. The van der Waals surface area contributed by atoms with Gasteiger partial charge in [0.1, 0.15) is 0 Å². The van der Waals surface area contributed by atoms with Crippen LogP contribution in [-0.4, -0.2) is 47.2 Å².